The molecule has 1 aliphatic rings. The van der Waals surface area contributed by atoms with Crippen LogP contribution in [-0.4, -0.2) is 57.8 Å². The summed E-state index contributed by atoms with van der Waals surface area (Å²) in [7, 11) is 0. The predicted molar refractivity (Wildman–Crippen MR) is 110 cm³/mol. The minimum atomic E-state index is 0.674. The molecule has 2 rings (SSSR count). The number of nitrogens with zero attached hydrogens (tertiary/aromatic N) is 1. The largest absolute Gasteiger partial charge is 0.381 e. The molecule has 6 heteroatoms. The molecule has 146 valence electrons. The highest BCUT2D eigenvalue weighted by molar-refractivity contribution is 7.99. The summed E-state index contributed by atoms with van der Waals surface area (Å²) in [5.41, 5.74) is 0. The first-order valence-corrected chi connectivity index (χ1v) is 10.7. The summed E-state index contributed by atoms with van der Waals surface area (Å²) in [4.78, 5) is 5.93. The van der Waals surface area contributed by atoms with Crippen molar-refractivity contribution in [2.45, 2.75) is 31.1 Å². The van der Waals surface area contributed by atoms with Crippen molar-refractivity contribution in [3.63, 3.8) is 0 Å². The van der Waals surface area contributed by atoms with Crippen LogP contribution in [0.15, 0.2) is 40.2 Å². The lowest BCUT2D eigenvalue weighted by atomic mass is 10.0. The molecule has 1 fully saturated rings. The predicted octanol–water partition coefficient (Wildman–Crippen LogP) is 3.17. The summed E-state index contributed by atoms with van der Waals surface area (Å²) < 4.78 is 11.2. The van der Waals surface area contributed by atoms with Crippen LogP contribution in [0.1, 0.15) is 26.2 Å². The highest BCUT2D eigenvalue weighted by Crippen LogP contribution is 2.16. The highest BCUT2D eigenvalue weighted by Gasteiger charge is 2.13. The quantitative estimate of drug-likeness (QED) is 0.268. The smallest absolute Gasteiger partial charge is 0.191 e. The van der Waals surface area contributed by atoms with E-state index in [0.717, 1.165) is 77.0 Å². The first-order chi connectivity index (χ1) is 12.9. The zero-order valence-electron chi connectivity index (χ0n) is 15.9. The van der Waals surface area contributed by atoms with E-state index in [2.05, 4.69) is 46.8 Å². The fourth-order valence-electron chi connectivity index (χ4n) is 2.72. The second-order valence-electron chi connectivity index (χ2n) is 6.33. The molecule has 26 heavy (non-hydrogen) atoms. The topological polar surface area (TPSA) is 54.9 Å². The van der Waals surface area contributed by atoms with Crippen molar-refractivity contribution < 1.29 is 9.47 Å². The lowest BCUT2D eigenvalue weighted by Crippen LogP contribution is -2.38. The van der Waals surface area contributed by atoms with Gasteiger partial charge in [0.25, 0.3) is 0 Å². The monoisotopic (exact) mass is 379 g/mol. The van der Waals surface area contributed by atoms with Crippen molar-refractivity contribution in [1.29, 1.82) is 0 Å². The van der Waals surface area contributed by atoms with Gasteiger partial charge in [0.2, 0.25) is 0 Å². The van der Waals surface area contributed by atoms with Crippen molar-refractivity contribution in [1.82, 2.24) is 10.6 Å². The van der Waals surface area contributed by atoms with Gasteiger partial charge in [0.15, 0.2) is 5.96 Å². The van der Waals surface area contributed by atoms with Gasteiger partial charge in [-0.2, -0.15) is 0 Å². The second-order valence-corrected chi connectivity index (χ2v) is 7.50. The summed E-state index contributed by atoms with van der Waals surface area (Å²) in [5.74, 6) is 2.58. The van der Waals surface area contributed by atoms with Gasteiger partial charge >= 0.3 is 0 Å². The molecule has 1 aromatic rings. The molecule has 0 unspecified atom stereocenters. The van der Waals surface area contributed by atoms with Gasteiger partial charge in [-0.1, -0.05) is 18.2 Å². The molecule has 0 bridgehead atoms. The Bertz CT molecular complexity index is 493. The molecule has 1 aromatic carbocycles. The van der Waals surface area contributed by atoms with Crippen molar-refractivity contribution in [2.24, 2.45) is 10.9 Å². The Kier molecular flexibility index (Phi) is 11.3. The summed E-state index contributed by atoms with van der Waals surface area (Å²) in [6.07, 6.45) is 3.22. The van der Waals surface area contributed by atoms with Crippen molar-refractivity contribution in [3.8, 4) is 0 Å². The van der Waals surface area contributed by atoms with Gasteiger partial charge in [-0.3, -0.25) is 4.99 Å². The zero-order chi connectivity index (χ0) is 18.3. The number of benzene rings is 1. The van der Waals surface area contributed by atoms with E-state index in [1.54, 1.807) is 0 Å². The van der Waals surface area contributed by atoms with Crippen LogP contribution >= 0.6 is 11.8 Å². The maximum absolute atomic E-state index is 5.79. The van der Waals surface area contributed by atoms with Crippen LogP contribution in [-0.2, 0) is 9.47 Å². The fraction of sp³-hybridized carbons (Fsp3) is 0.650. The summed E-state index contributed by atoms with van der Waals surface area (Å²) >= 11 is 1.85. The molecule has 0 aliphatic carbocycles. The maximum atomic E-state index is 5.79. The molecule has 0 aromatic heterocycles. The minimum absolute atomic E-state index is 0.674. The molecular weight excluding hydrogens is 346 g/mol. The van der Waals surface area contributed by atoms with Crippen LogP contribution in [0.3, 0.4) is 0 Å². The van der Waals surface area contributed by atoms with Gasteiger partial charge in [-0.15, -0.1) is 11.8 Å². The van der Waals surface area contributed by atoms with Crippen LogP contribution in [0, 0.1) is 5.92 Å². The van der Waals surface area contributed by atoms with Gasteiger partial charge in [0.05, 0.1) is 0 Å². The van der Waals surface area contributed by atoms with Gasteiger partial charge in [0.1, 0.15) is 0 Å². The molecule has 0 radical (unpaired) electrons. The van der Waals surface area contributed by atoms with Gasteiger partial charge < -0.3 is 20.1 Å². The molecule has 1 saturated heterocycles. The Balaban J connectivity index is 1.53. The SMILES string of the molecule is CCNC(=NCCCOCC1CCOCC1)NCCSc1ccccc1. The van der Waals surface area contributed by atoms with E-state index < -0.39 is 0 Å². The van der Waals surface area contributed by atoms with E-state index in [1.165, 1.54) is 4.90 Å². The average molecular weight is 380 g/mol. The van der Waals surface area contributed by atoms with E-state index in [1.807, 2.05) is 17.8 Å². The van der Waals surface area contributed by atoms with Gasteiger partial charge in [-0.25, -0.2) is 0 Å². The van der Waals surface area contributed by atoms with E-state index in [0.29, 0.717) is 5.92 Å². The number of nitrogens with one attached hydrogen (secondary N) is 2. The standard InChI is InChI=1S/C20H33N3O2S/c1-2-21-20(23-12-16-26-19-7-4-3-5-8-19)22-11-6-13-25-17-18-9-14-24-15-10-18/h3-5,7-8,18H,2,6,9-17H2,1H3,(H2,21,22,23). The molecule has 1 heterocycles. The van der Waals surface area contributed by atoms with E-state index in [4.69, 9.17) is 9.47 Å². The van der Waals surface area contributed by atoms with E-state index >= 15 is 0 Å². The molecule has 1 aliphatic heterocycles. The van der Waals surface area contributed by atoms with E-state index in [9.17, 15) is 0 Å². The number of rotatable bonds is 11. The lowest BCUT2D eigenvalue weighted by molar-refractivity contribution is 0.0205. The maximum Gasteiger partial charge on any atom is 0.191 e. The third-order valence-electron chi connectivity index (χ3n) is 4.16. The summed E-state index contributed by atoms with van der Waals surface area (Å²) in [5, 5.41) is 6.70. The number of hydrogen-bond acceptors (Lipinski definition) is 4. The number of thioether (sulfide) groups is 1. The van der Waals surface area contributed by atoms with Crippen LogP contribution < -0.4 is 10.6 Å². The van der Waals surface area contributed by atoms with Crippen molar-refractivity contribution in [2.75, 3.05) is 51.8 Å². The lowest BCUT2D eigenvalue weighted by Gasteiger charge is -2.21. The number of aliphatic imine (C=N–C) groups is 1. The molecule has 5 nitrogen and oxygen atoms in total. The minimum Gasteiger partial charge on any atom is -0.381 e. The molecule has 2 N–H and O–H groups in total. The normalized spacial score (nSPS) is 15.8. The van der Waals surface area contributed by atoms with Crippen molar-refractivity contribution >= 4 is 17.7 Å². The Labute approximate surface area is 162 Å². The Morgan fingerprint density at radius 1 is 1.23 bits per heavy atom. The molecule has 0 amide bonds. The molecular formula is C20H33N3O2S. The van der Waals surface area contributed by atoms with Crippen LogP contribution in [0.25, 0.3) is 0 Å². The number of hydrogen-bond donors (Lipinski definition) is 2. The third kappa shape index (κ3) is 9.46. The number of ether oxygens (including phenoxy) is 2. The Hall–Kier alpha value is -1.24. The zero-order valence-corrected chi connectivity index (χ0v) is 16.7. The van der Waals surface area contributed by atoms with Crippen LogP contribution in [0.4, 0.5) is 0 Å². The summed E-state index contributed by atoms with van der Waals surface area (Å²) in [6, 6.07) is 10.5. The van der Waals surface area contributed by atoms with E-state index in [-0.39, 0.29) is 0 Å². The first-order valence-electron chi connectivity index (χ1n) is 9.74. The highest BCUT2D eigenvalue weighted by atomic mass is 32.2. The molecule has 0 atom stereocenters. The average Bonchev–Trinajstić information content (AvgIpc) is 2.69. The summed E-state index contributed by atoms with van der Waals surface area (Å²) in [6.45, 7) is 8.06. The Morgan fingerprint density at radius 3 is 2.81 bits per heavy atom. The van der Waals surface area contributed by atoms with Crippen LogP contribution in [0.2, 0.25) is 0 Å². The van der Waals surface area contributed by atoms with Gasteiger partial charge in [-0.05, 0) is 44.2 Å². The van der Waals surface area contributed by atoms with Gasteiger partial charge in [0, 0.05) is 56.7 Å². The van der Waals surface area contributed by atoms with Crippen LogP contribution in [0.5, 0.6) is 0 Å². The third-order valence-corrected chi connectivity index (χ3v) is 5.18. The molecule has 0 spiro atoms. The molecule has 0 saturated carbocycles. The first kappa shape index (κ1) is 21.1. The fourth-order valence-corrected chi connectivity index (χ4v) is 3.51. The van der Waals surface area contributed by atoms with Crippen molar-refractivity contribution in [3.05, 3.63) is 30.3 Å². The Morgan fingerprint density at radius 2 is 2.04 bits per heavy atom. The number of guanidine groups is 1. The second kappa shape index (κ2) is 13.9.